The molecule has 6 heteroatoms. The monoisotopic (exact) mass is 381 g/mol. The zero-order valence-corrected chi connectivity index (χ0v) is 15.8. The van der Waals surface area contributed by atoms with Crippen molar-refractivity contribution in [1.82, 2.24) is 4.90 Å². The summed E-state index contributed by atoms with van der Waals surface area (Å²) in [6.45, 7) is 2.46. The first-order valence-corrected chi connectivity index (χ1v) is 9.68. The van der Waals surface area contributed by atoms with Crippen molar-refractivity contribution in [3.8, 4) is 5.75 Å². The molecule has 1 amide bonds. The van der Waals surface area contributed by atoms with E-state index in [2.05, 4.69) is 0 Å². The van der Waals surface area contributed by atoms with Crippen LogP contribution in [0.15, 0.2) is 58.4 Å². The number of aliphatic hydroxyl groups excluding tert-OH is 1. The average Bonchev–Trinajstić information content (AvgIpc) is 3.45. The lowest BCUT2D eigenvalue weighted by Gasteiger charge is -2.32. The Kier molecular flexibility index (Phi) is 4.94. The topological polar surface area (TPSA) is 80.0 Å². The van der Waals surface area contributed by atoms with Crippen LogP contribution in [0.2, 0.25) is 0 Å². The summed E-state index contributed by atoms with van der Waals surface area (Å²) in [4.78, 5) is 27.7. The van der Waals surface area contributed by atoms with Crippen molar-refractivity contribution >= 4 is 11.7 Å². The maximum absolute atomic E-state index is 13.1. The van der Waals surface area contributed by atoms with Crippen molar-refractivity contribution in [2.24, 2.45) is 0 Å². The van der Waals surface area contributed by atoms with Crippen LogP contribution in [0.4, 0.5) is 0 Å². The maximum Gasteiger partial charge on any atom is 0.290 e. The summed E-state index contributed by atoms with van der Waals surface area (Å²) in [7, 11) is 0. The number of carbonyl (C=O) groups is 2. The zero-order valence-electron chi connectivity index (χ0n) is 15.8. The molecule has 4 rings (SSSR count). The third kappa shape index (κ3) is 3.09. The number of hydrogen-bond acceptors (Lipinski definition) is 5. The fourth-order valence-corrected chi connectivity index (χ4v) is 4.19. The number of carbonyl (C=O) groups excluding carboxylic acids is 2. The first-order valence-electron chi connectivity index (χ1n) is 9.68. The van der Waals surface area contributed by atoms with Gasteiger partial charge in [0.2, 0.25) is 5.78 Å². The van der Waals surface area contributed by atoms with E-state index in [4.69, 9.17) is 9.15 Å². The van der Waals surface area contributed by atoms with Gasteiger partial charge in [-0.1, -0.05) is 25.0 Å². The van der Waals surface area contributed by atoms with Gasteiger partial charge in [-0.25, -0.2) is 0 Å². The number of amides is 1. The van der Waals surface area contributed by atoms with E-state index >= 15 is 0 Å². The standard InChI is InChI=1S/C22H23NO5/c1-2-27-16-11-9-14(10-12-16)19-18(20(24)17-8-5-13-28-17)21(25)22(26)23(19)15-6-3-4-7-15/h5,8-13,15,19,25H,2-4,6-7H2,1H3. The Hall–Kier alpha value is -3.02. The Morgan fingerprint density at radius 2 is 1.93 bits per heavy atom. The molecular weight excluding hydrogens is 358 g/mol. The smallest absolute Gasteiger partial charge is 0.290 e. The molecule has 146 valence electrons. The van der Waals surface area contributed by atoms with Gasteiger partial charge in [0.15, 0.2) is 11.5 Å². The van der Waals surface area contributed by atoms with E-state index in [1.54, 1.807) is 17.0 Å². The van der Waals surface area contributed by atoms with Crippen molar-refractivity contribution in [2.75, 3.05) is 6.61 Å². The molecule has 0 radical (unpaired) electrons. The Morgan fingerprint density at radius 1 is 1.21 bits per heavy atom. The van der Waals surface area contributed by atoms with Gasteiger partial charge in [0.25, 0.3) is 5.91 Å². The van der Waals surface area contributed by atoms with Gasteiger partial charge in [-0.3, -0.25) is 9.59 Å². The van der Waals surface area contributed by atoms with Crippen LogP contribution >= 0.6 is 0 Å². The Bertz CT molecular complexity index is 892. The molecular formula is C22H23NO5. The molecule has 1 saturated carbocycles. The second kappa shape index (κ2) is 7.54. The number of ketones is 1. The van der Waals surface area contributed by atoms with Crippen molar-refractivity contribution in [3.05, 3.63) is 65.3 Å². The number of benzene rings is 1. The predicted molar refractivity (Wildman–Crippen MR) is 102 cm³/mol. The van der Waals surface area contributed by atoms with E-state index in [9.17, 15) is 14.7 Å². The molecule has 1 fully saturated rings. The Morgan fingerprint density at radius 3 is 2.54 bits per heavy atom. The first kappa shape index (κ1) is 18.3. The second-order valence-corrected chi connectivity index (χ2v) is 7.12. The average molecular weight is 381 g/mol. The normalized spacial score (nSPS) is 20.2. The fraction of sp³-hybridized carbons (Fsp3) is 0.364. The summed E-state index contributed by atoms with van der Waals surface area (Å²) in [6, 6.07) is 9.86. The summed E-state index contributed by atoms with van der Waals surface area (Å²) in [5.41, 5.74) is 0.846. The van der Waals surface area contributed by atoms with Gasteiger partial charge in [0.05, 0.1) is 24.5 Å². The van der Waals surface area contributed by atoms with Gasteiger partial charge in [-0.05, 0) is 49.6 Å². The van der Waals surface area contributed by atoms with Crippen LogP contribution in [0, 0.1) is 0 Å². The number of ether oxygens (including phenoxy) is 1. The van der Waals surface area contributed by atoms with Crippen LogP contribution in [-0.2, 0) is 4.79 Å². The van der Waals surface area contributed by atoms with Gasteiger partial charge in [-0.2, -0.15) is 0 Å². The fourth-order valence-electron chi connectivity index (χ4n) is 4.19. The number of hydrogen-bond donors (Lipinski definition) is 1. The van der Waals surface area contributed by atoms with E-state index < -0.39 is 23.5 Å². The lowest BCUT2D eigenvalue weighted by molar-refractivity contribution is -0.131. The van der Waals surface area contributed by atoms with Crippen molar-refractivity contribution in [1.29, 1.82) is 0 Å². The molecule has 2 aromatic rings. The molecule has 1 unspecified atom stereocenters. The highest BCUT2D eigenvalue weighted by Gasteiger charge is 2.47. The van der Waals surface area contributed by atoms with Crippen LogP contribution in [0.5, 0.6) is 5.75 Å². The maximum atomic E-state index is 13.1. The van der Waals surface area contributed by atoms with E-state index in [1.807, 2.05) is 31.2 Å². The summed E-state index contributed by atoms with van der Waals surface area (Å²) >= 11 is 0. The van der Waals surface area contributed by atoms with Crippen LogP contribution in [0.3, 0.4) is 0 Å². The minimum Gasteiger partial charge on any atom is -0.503 e. The van der Waals surface area contributed by atoms with Crippen LogP contribution in [0.1, 0.15) is 54.8 Å². The largest absolute Gasteiger partial charge is 0.503 e. The molecule has 0 bridgehead atoms. The number of furan rings is 1. The van der Waals surface area contributed by atoms with Gasteiger partial charge >= 0.3 is 0 Å². The minimum atomic E-state index is -0.635. The van der Waals surface area contributed by atoms with Crippen LogP contribution < -0.4 is 4.74 Å². The van der Waals surface area contributed by atoms with Gasteiger partial charge in [-0.15, -0.1) is 0 Å². The van der Waals surface area contributed by atoms with Gasteiger partial charge < -0.3 is 19.2 Å². The Balaban J connectivity index is 1.77. The number of rotatable bonds is 6. The minimum absolute atomic E-state index is 0.00752. The molecule has 1 aliphatic heterocycles. The van der Waals surface area contributed by atoms with Crippen molar-refractivity contribution < 1.29 is 23.8 Å². The highest BCUT2D eigenvalue weighted by molar-refractivity contribution is 6.15. The molecule has 0 spiro atoms. The second-order valence-electron chi connectivity index (χ2n) is 7.12. The van der Waals surface area contributed by atoms with Gasteiger partial charge in [0.1, 0.15) is 5.75 Å². The predicted octanol–water partition coefficient (Wildman–Crippen LogP) is 4.20. The molecule has 1 aliphatic carbocycles. The Labute approximate surface area is 163 Å². The highest BCUT2D eigenvalue weighted by Crippen LogP contribution is 2.43. The van der Waals surface area contributed by atoms with Gasteiger partial charge in [0, 0.05) is 6.04 Å². The molecule has 1 aromatic heterocycles. The summed E-state index contributed by atoms with van der Waals surface area (Å²) in [5, 5.41) is 10.6. The van der Waals surface area contributed by atoms with E-state index in [-0.39, 0.29) is 17.4 Å². The van der Waals surface area contributed by atoms with E-state index in [0.717, 1.165) is 37.0 Å². The first-order chi connectivity index (χ1) is 13.6. The molecule has 1 atom stereocenters. The van der Waals surface area contributed by atoms with E-state index in [0.29, 0.717) is 6.61 Å². The van der Waals surface area contributed by atoms with E-state index in [1.165, 1.54) is 6.26 Å². The lowest BCUT2D eigenvalue weighted by Crippen LogP contribution is -2.38. The molecule has 2 heterocycles. The molecule has 28 heavy (non-hydrogen) atoms. The number of nitrogens with zero attached hydrogens (tertiary/aromatic N) is 1. The molecule has 2 aliphatic rings. The highest BCUT2D eigenvalue weighted by atomic mass is 16.5. The quantitative estimate of drug-likeness (QED) is 0.759. The molecule has 6 nitrogen and oxygen atoms in total. The summed E-state index contributed by atoms with van der Waals surface area (Å²) in [5.74, 6) is -0.600. The SMILES string of the molecule is CCOc1ccc(C2C(C(=O)c3ccco3)=C(O)C(=O)N2C2CCCC2)cc1. The summed E-state index contributed by atoms with van der Waals surface area (Å²) < 4.78 is 10.7. The zero-order chi connectivity index (χ0) is 19.7. The number of Topliss-reactive ketones (excluding diaryl/α,β-unsaturated/α-hetero) is 1. The molecule has 1 aromatic carbocycles. The van der Waals surface area contributed by atoms with Crippen LogP contribution in [0.25, 0.3) is 0 Å². The van der Waals surface area contributed by atoms with Crippen molar-refractivity contribution in [3.63, 3.8) is 0 Å². The third-order valence-corrected chi connectivity index (χ3v) is 5.46. The van der Waals surface area contributed by atoms with Crippen molar-refractivity contribution in [2.45, 2.75) is 44.7 Å². The van der Waals surface area contributed by atoms with Crippen LogP contribution in [-0.4, -0.2) is 34.3 Å². The third-order valence-electron chi connectivity index (χ3n) is 5.46. The summed E-state index contributed by atoms with van der Waals surface area (Å²) in [6.07, 6.45) is 5.21. The number of aliphatic hydroxyl groups is 1. The molecule has 0 saturated heterocycles. The lowest BCUT2D eigenvalue weighted by atomic mass is 9.94. The molecule has 1 N–H and O–H groups in total.